The van der Waals surface area contributed by atoms with E-state index in [9.17, 15) is 19.3 Å². The van der Waals surface area contributed by atoms with Crippen molar-refractivity contribution in [3.8, 4) is 5.75 Å². The van der Waals surface area contributed by atoms with Crippen molar-refractivity contribution in [1.82, 2.24) is 0 Å². The number of benzene rings is 2. The molecule has 0 fully saturated rings. The molecule has 0 aromatic heterocycles. The number of nitrogens with one attached hydrogen (secondary N) is 1. The highest BCUT2D eigenvalue weighted by atomic mass is 32.2. The topological polar surface area (TPSA) is 81.5 Å². The second kappa shape index (κ2) is 7.78. The van der Waals surface area contributed by atoms with Crippen LogP contribution in [0.25, 0.3) is 0 Å². The molecule has 0 aliphatic rings. The number of ether oxygens (including phenoxy) is 1. The zero-order chi connectivity index (χ0) is 17.7. The van der Waals surface area contributed by atoms with Crippen molar-refractivity contribution in [3.05, 3.63) is 58.4 Å². The van der Waals surface area contributed by atoms with Crippen molar-refractivity contribution >= 4 is 29.0 Å². The van der Waals surface area contributed by atoms with Crippen LogP contribution in [0.2, 0.25) is 0 Å². The van der Waals surface area contributed by atoms with Crippen molar-refractivity contribution in [1.29, 1.82) is 0 Å². The van der Waals surface area contributed by atoms with Crippen LogP contribution in [0, 0.1) is 15.9 Å². The number of nitro groups is 1. The van der Waals surface area contributed by atoms with E-state index in [4.69, 9.17) is 4.74 Å². The number of nitro benzene ring substituents is 1. The lowest BCUT2D eigenvalue weighted by Crippen LogP contribution is -2.22. The lowest BCUT2D eigenvalue weighted by atomic mass is 10.2. The molecule has 0 heterocycles. The van der Waals surface area contributed by atoms with Gasteiger partial charge in [-0.15, -0.1) is 11.8 Å². The molecular weight excluding hydrogens is 335 g/mol. The zero-order valence-corrected chi connectivity index (χ0v) is 13.8. The van der Waals surface area contributed by atoms with Crippen molar-refractivity contribution in [3.63, 3.8) is 0 Å². The number of hydrogen-bond donors (Lipinski definition) is 1. The highest BCUT2D eigenvalue weighted by Crippen LogP contribution is 2.30. The Morgan fingerprint density at radius 3 is 2.54 bits per heavy atom. The van der Waals surface area contributed by atoms with Gasteiger partial charge in [0.2, 0.25) is 5.91 Å². The second-order valence-electron chi connectivity index (χ2n) is 4.84. The SMILES string of the molecule is COc1ccc([N+](=O)[O-])cc1NC(=O)[C@@H](C)Sc1ccc(F)cc1. The predicted octanol–water partition coefficient (Wildman–Crippen LogP) is 3.86. The standard InChI is InChI=1S/C16H15FN2O4S/c1-10(24-13-6-3-11(17)4-7-13)16(20)18-14-9-12(19(21)22)5-8-15(14)23-2/h3-10H,1-2H3,(H,18,20)/t10-/m1/s1. The fraction of sp³-hybridized carbons (Fsp3) is 0.188. The first-order valence-electron chi connectivity index (χ1n) is 6.96. The van der Waals surface area contributed by atoms with Crippen LogP contribution in [0.15, 0.2) is 47.4 Å². The van der Waals surface area contributed by atoms with Crippen molar-refractivity contribution in [2.75, 3.05) is 12.4 Å². The van der Waals surface area contributed by atoms with Crippen LogP contribution in [-0.2, 0) is 4.79 Å². The number of amides is 1. The average molecular weight is 350 g/mol. The van der Waals surface area contributed by atoms with Gasteiger partial charge in [0, 0.05) is 17.0 Å². The summed E-state index contributed by atoms with van der Waals surface area (Å²) in [4.78, 5) is 23.4. The lowest BCUT2D eigenvalue weighted by molar-refractivity contribution is -0.384. The fourth-order valence-corrected chi connectivity index (χ4v) is 2.78. The van der Waals surface area contributed by atoms with Gasteiger partial charge in [-0.2, -0.15) is 0 Å². The Hall–Kier alpha value is -2.61. The number of carbonyl (C=O) groups excluding carboxylic acids is 1. The molecule has 2 aromatic rings. The summed E-state index contributed by atoms with van der Waals surface area (Å²) in [5.74, 6) is -0.367. The number of anilines is 1. The highest BCUT2D eigenvalue weighted by Gasteiger charge is 2.18. The number of methoxy groups -OCH3 is 1. The molecule has 6 nitrogen and oxygen atoms in total. The molecule has 1 amide bonds. The van der Waals surface area contributed by atoms with Gasteiger partial charge in [0.1, 0.15) is 11.6 Å². The van der Waals surface area contributed by atoms with Crippen LogP contribution in [0.4, 0.5) is 15.8 Å². The van der Waals surface area contributed by atoms with Gasteiger partial charge in [0.05, 0.1) is 23.0 Å². The third-order valence-electron chi connectivity index (χ3n) is 3.15. The summed E-state index contributed by atoms with van der Waals surface area (Å²) in [6.45, 7) is 1.69. The number of non-ortho nitro benzene ring substituents is 1. The number of rotatable bonds is 6. The van der Waals surface area contributed by atoms with Gasteiger partial charge in [0.15, 0.2) is 0 Å². The van der Waals surface area contributed by atoms with E-state index in [0.717, 1.165) is 4.90 Å². The van der Waals surface area contributed by atoms with Gasteiger partial charge in [0.25, 0.3) is 5.69 Å². The highest BCUT2D eigenvalue weighted by molar-refractivity contribution is 8.00. The van der Waals surface area contributed by atoms with Gasteiger partial charge in [-0.25, -0.2) is 4.39 Å². The van der Waals surface area contributed by atoms with E-state index in [1.165, 1.54) is 49.2 Å². The molecule has 24 heavy (non-hydrogen) atoms. The smallest absolute Gasteiger partial charge is 0.271 e. The van der Waals surface area contributed by atoms with Crippen LogP contribution in [0.5, 0.6) is 5.75 Å². The maximum absolute atomic E-state index is 12.9. The molecule has 2 rings (SSSR count). The van der Waals surface area contributed by atoms with Gasteiger partial charge >= 0.3 is 0 Å². The van der Waals surface area contributed by atoms with E-state index in [0.29, 0.717) is 5.75 Å². The molecule has 0 bridgehead atoms. The Bertz CT molecular complexity index is 752. The number of carbonyl (C=O) groups is 1. The van der Waals surface area contributed by atoms with E-state index >= 15 is 0 Å². The Morgan fingerprint density at radius 1 is 1.29 bits per heavy atom. The lowest BCUT2D eigenvalue weighted by Gasteiger charge is -2.14. The van der Waals surface area contributed by atoms with Crippen LogP contribution in [0.3, 0.4) is 0 Å². The molecule has 8 heteroatoms. The Labute approximate surface area is 142 Å². The van der Waals surface area contributed by atoms with Crippen LogP contribution < -0.4 is 10.1 Å². The quantitative estimate of drug-likeness (QED) is 0.486. The summed E-state index contributed by atoms with van der Waals surface area (Å²) in [6, 6.07) is 9.76. The minimum absolute atomic E-state index is 0.148. The van der Waals surface area contributed by atoms with Gasteiger partial charge in [-0.1, -0.05) is 0 Å². The number of halogens is 1. The molecule has 0 aliphatic carbocycles. The average Bonchev–Trinajstić information content (AvgIpc) is 2.56. The zero-order valence-electron chi connectivity index (χ0n) is 13.0. The first-order valence-corrected chi connectivity index (χ1v) is 7.84. The molecule has 1 N–H and O–H groups in total. The van der Waals surface area contributed by atoms with Gasteiger partial charge in [-0.05, 0) is 37.3 Å². The van der Waals surface area contributed by atoms with Crippen LogP contribution in [-0.4, -0.2) is 23.2 Å². The first-order chi connectivity index (χ1) is 11.4. The molecule has 0 saturated carbocycles. The maximum Gasteiger partial charge on any atom is 0.271 e. The van der Waals surface area contributed by atoms with Gasteiger partial charge in [-0.3, -0.25) is 14.9 Å². The summed E-state index contributed by atoms with van der Waals surface area (Å²) in [5, 5.41) is 13.0. The minimum atomic E-state index is -0.550. The van der Waals surface area contributed by atoms with E-state index < -0.39 is 10.2 Å². The molecule has 0 spiro atoms. The fourth-order valence-electron chi connectivity index (χ4n) is 1.91. The summed E-state index contributed by atoms with van der Waals surface area (Å²) in [7, 11) is 1.41. The molecule has 0 unspecified atom stereocenters. The number of thioether (sulfide) groups is 1. The third kappa shape index (κ3) is 4.45. The third-order valence-corrected chi connectivity index (χ3v) is 4.26. The Kier molecular flexibility index (Phi) is 5.75. The summed E-state index contributed by atoms with van der Waals surface area (Å²) in [6.07, 6.45) is 0. The normalized spacial score (nSPS) is 11.6. The molecule has 126 valence electrons. The molecule has 0 aliphatic heterocycles. The summed E-state index contributed by atoms with van der Waals surface area (Å²) < 4.78 is 18.0. The van der Waals surface area contributed by atoms with Gasteiger partial charge < -0.3 is 10.1 Å². The molecule has 0 saturated heterocycles. The molecule has 2 aromatic carbocycles. The van der Waals surface area contributed by atoms with Crippen molar-refractivity contribution in [2.45, 2.75) is 17.1 Å². The maximum atomic E-state index is 12.9. The van der Waals surface area contributed by atoms with Crippen LogP contribution in [0.1, 0.15) is 6.92 Å². The Balaban J connectivity index is 2.11. The molecule has 0 radical (unpaired) electrons. The van der Waals surface area contributed by atoms with E-state index in [2.05, 4.69) is 5.32 Å². The first kappa shape index (κ1) is 17.7. The Morgan fingerprint density at radius 2 is 1.96 bits per heavy atom. The molecular formula is C16H15FN2O4S. The van der Waals surface area contributed by atoms with Crippen molar-refractivity contribution < 1.29 is 18.8 Å². The number of nitrogens with zero attached hydrogens (tertiary/aromatic N) is 1. The summed E-state index contributed by atoms with van der Waals surface area (Å²) in [5.41, 5.74) is 0.0770. The molecule has 1 atom stereocenters. The van der Waals surface area contributed by atoms with Crippen LogP contribution >= 0.6 is 11.8 Å². The second-order valence-corrected chi connectivity index (χ2v) is 6.26. The summed E-state index contributed by atoms with van der Waals surface area (Å²) >= 11 is 1.25. The largest absolute Gasteiger partial charge is 0.495 e. The van der Waals surface area contributed by atoms with E-state index in [1.54, 1.807) is 19.1 Å². The van der Waals surface area contributed by atoms with E-state index in [1.807, 2.05) is 0 Å². The monoisotopic (exact) mass is 350 g/mol. The predicted molar refractivity (Wildman–Crippen MR) is 90.0 cm³/mol. The number of hydrogen-bond acceptors (Lipinski definition) is 5. The van der Waals surface area contributed by atoms with E-state index in [-0.39, 0.29) is 23.1 Å². The van der Waals surface area contributed by atoms with Crippen molar-refractivity contribution in [2.24, 2.45) is 0 Å². The minimum Gasteiger partial charge on any atom is -0.495 e.